The molecule has 0 atom stereocenters. The highest BCUT2D eigenvalue weighted by Gasteiger charge is 2.09. The van der Waals surface area contributed by atoms with Crippen LogP contribution in [0.1, 0.15) is 24.8 Å². The van der Waals surface area contributed by atoms with Crippen molar-refractivity contribution in [2.24, 2.45) is 0 Å². The van der Waals surface area contributed by atoms with E-state index in [1.165, 1.54) is 0 Å². The van der Waals surface area contributed by atoms with Gasteiger partial charge in [-0.2, -0.15) is 0 Å². The number of hydrogen-bond acceptors (Lipinski definition) is 11. The lowest BCUT2D eigenvalue weighted by Crippen LogP contribution is -2.15. The van der Waals surface area contributed by atoms with Crippen LogP contribution in [0.2, 0.25) is 0 Å². The second-order valence-electron chi connectivity index (χ2n) is 7.60. The first-order chi connectivity index (χ1) is 18.2. The Balaban J connectivity index is 1.77. The highest BCUT2D eigenvalue weighted by molar-refractivity contribution is 5.77. The van der Waals surface area contributed by atoms with Gasteiger partial charge >= 0.3 is 11.9 Å². The molecule has 0 saturated heterocycles. The monoisotopic (exact) mass is 530 g/mol. The van der Waals surface area contributed by atoms with Gasteiger partial charge in [0, 0.05) is 13.5 Å². The Morgan fingerprint density at radius 3 is 1.65 bits per heavy atom. The second-order valence-corrected chi connectivity index (χ2v) is 7.60. The molecule has 0 fully saturated rings. The third-order valence-electron chi connectivity index (χ3n) is 4.56. The average molecular weight is 531 g/mol. The molecular formula is C26H42O11. The fourth-order valence-electron chi connectivity index (χ4n) is 2.65. The van der Waals surface area contributed by atoms with Crippen molar-refractivity contribution in [1.29, 1.82) is 0 Å². The lowest BCUT2D eigenvalue weighted by molar-refractivity contribution is -0.160. The predicted molar refractivity (Wildman–Crippen MR) is 133 cm³/mol. The van der Waals surface area contributed by atoms with Gasteiger partial charge in [-0.15, -0.1) is 0 Å². The first kappa shape index (κ1) is 32.9. The van der Waals surface area contributed by atoms with Crippen molar-refractivity contribution >= 4 is 11.9 Å². The van der Waals surface area contributed by atoms with Crippen LogP contribution >= 0.6 is 0 Å². The SMILES string of the molecule is COCCOCCOCCOCCOCCOCOC(=O)CCC(=O)OCCCOCc1ccccc1. The van der Waals surface area contributed by atoms with Crippen LogP contribution in [0.5, 0.6) is 0 Å². The maximum absolute atomic E-state index is 11.7. The Morgan fingerprint density at radius 2 is 1.08 bits per heavy atom. The van der Waals surface area contributed by atoms with Gasteiger partial charge < -0.3 is 42.6 Å². The number of carbonyl (C=O) groups is 2. The number of ether oxygens (including phenoxy) is 9. The smallest absolute Gasteiger partial charge is 0.308 e. The molecule has 1 aromatic carbocycles. The summed E-state index contributed by atoms with van der Waals surface area (Å²) in [6, 6.07) is 9.83. The zero-order valence-electron chi connectivity index (χ0n) is 21.9. The van der Waals surface area contributed by atoms with Crippen molar-refractivity contribution in [1.82, 2.24) is 0 Å². The van der Waals surface area contributed by atoms with E-state index in [0.29, 0.717) is 79.1 Å². The zero-order valence-corrected chi connectivity index (χ0v) is 21.9. The van der Waals surface area contributed by atoms with Gasteiger partial charge in [0.05, 0.1) is 98.7 Å². The van der Waals surface area contributed by atoms with Crippen LogP contribution in [0.15, 0.2) is 30.3 Å². The maximum Gasteiger partial charge on any atom is 0.308 e. The normalized spacial score (nSPS) is 10.9. The fraction of sp³-hybridized carbons (Fsp3) is 0.692. The lowest BCUT2D eigenvalue weighted by Gasteiger charge is -2.08. The Kier molecular flexibility index (Phi) is 22.7. The van der Waals surface area contributed by atoms with Crippen LogP contribution in [0.25, 0.3) is 0 Å². The summed E-state index contributed by atoms with van der Waals surface area (Å²) in [6.45, 7) is 5.68. The molecule has 1 rings (SSSR count). The van der Waals surface area contributed by atoms with Gasteiger partial charge in [-0.25, -0.2) is 0 Å². The number of hydrogen-bond donors (Lipinski definition) is 0. The minimum atomic E-state index is -0.527. The molecule has 0 spiro atoms. The molecule has 0 saturated carbocycles. The molecule has 11 heteroatoms. The first-order valence-electron chi connectivity index (χ1n) is 12.5. The van der Waals surface area contributed by atoms with E-state index in [0.717, 1.165) is 5.56 Å². The summed E-state index contributed by atoms with van der Waals surface area (Å²) in [6.07, 6.45) is 0.483. The third-order valence-corrected chi connectivity index (χ3v) is 4.56. The van der Waals surface area contributed by atoms with Gasteiger partial charge in [0.25, 0.3) is 0 Å². The molecule has 37 heavy (non-hydrogen) atoms. The summed E-state index contributed by atoms with van der Waals surface area (Å²) >= 11 is 0. The van der Waals surface area contributed by atoms with Gasteiger partial charge in [0.2, 0.25) is 0 Å². The molecule has 0 N–H and O–H groups in total. The summed E-state index contributed by atoms with van der Waals surface area (Å²) in [5.74, 6) is -0.976. The topological polar surface area (TPSA) is 117 Å². The van der Waals surface area contributed by atoms with Gasteiger partial charge in [0.15, 0.2) is 6.79 Å². The van der Waals surface area contributed by atoms with Crippen LogP contribution in [0.4, 0.5) is 0 Å². The molecule has 0 aliphatic carbocycles. The van der Waals surface area contributed by atoms with Crippen LogP contribution < -0.4 is 0 Å². The highest BCUT2D eigenvalue weighted by atomic mass is 16.7. The van der Waals surface area contributed by atoms with Crippen molar-refractivity contribution in [3.63, 3.8) is 0 Å². The standard InChI is InChI=1S/C26H42O11/c1-29-12-13-30-14-15-31-16-17-32-18-19-33-20-21-35-23-37-26(28)9-8-25(27)36-11-5-10-34-22-24-6-3-2-4-7-24/h2-4,6-7H,5,8-23H2,1H3. The molecule has 0 amide bonds. The second kappa shape index (κ2) is 25.5. The van der Waals surface area contributed by atoms with E-state index in [1.54, 1.807) is 7.11 Å². The van der Waals surface area contributed by atoms with Gasteiger partial charge in [-0.05, 0) is 5.56 Å². The lowest BCUT2D eigenvalue weighted by atomic mass is 10.2. The van der Waals surface area contributed by atoms with E-state index in [4.69, 9.17) is 42.6 Å². The van der Waals surface area contributed by atoms with Crippen LogP contribution in [0, 0.1) is 0 Å². The van der Waals surface area contributed by atoms with Crippen LogP contribution in [-0.4, -0.2) is 105 Å². The zero-order chi connectivity index (χ0) is 26.7. The molecule has 0 bridgehead atoms. The largest absolute Gasteiger partial charge is 0.466 e. The molecule has 1 aromatic rings. The number of methoxy groups -OCH3 is 1. The van der Waals surface area contributed by atoms with E-state index < -0.39 is 11.9 Å². The molecule has 212 valence electrons. The average Bonchev–Trinajstić information content (AvgIpc) is 2.91. The minimum Gasteiger partial charge on any atom is -0.466 e. The summed E-state index contributed by atoms with van der Waals surface area (Å²) < 4.78 is 46.9. The molecule has 0 heterocycles. The van der Waals surface area contributed by atoms with Crippen molar-refractivity contribution in [2.45, 2.75) is 25.9 Å². The summed E-state index contributed by atoms with van der Waals surface area (Å²) in [4.78, 5) is 23.3. The van der Waals surface area contributed by atoms with E-state index in [-0.39, 0.29) is 32.8 Å². The number of carbonyl (C=O) groups excluding carboxylic acids is 2. The van der Waals surface area contributed by atoms with E-state index in [2.05, 4.69) is 0 Å². The Hall–Kier alpha value is -2.12. The molecule has 0 aliphatic heterocycles. The van der Waals surface area contributed by atoms with Gasteiger partial charge in [0.1, 0.15) is 0 Å². The number of benzene rings is 1. The minimum absolute atomic E-state index is 0.0416. The van der Waals surface area contributed by atoms with Crippen molar-refractivity contribution < 1.29 is 52.2 Å². The molecule has 0 aliphatic rings. The van der Waals surface area contributed by atoms with Gasteiger partial charge in [-0.1, -0.05) is 30.3 Å². The van der Waals surface area contributed by atoms with Crippen molar-refractivity contribution in [3.8, 4) is 0 Å². The maximum atomic E-state index is 11.7. The Morgan fingerprint density at radius 1 is 0.568 bits per heavy atom. The first-order valence-corrected chi connectivity index (χ1v) is 12.5. The molecule has 11 nitrogen and oxygen atoms in total. The Bertz CT molecular complexity index is 657. The van der Waals surface area contributed by atoms with Gasteiger partial charge in [-0.3, -0.25) is 9.59 Å². The van der Waals surface area contributed by atoms with Crippen LogP contribution in [0.3, 0.4) is 0 Å². The fourth-order valence-corrected chi connectivity index (χ4v) is 2.65. The van der Waals surface area contributed by atoms with Crippen molar-refractivity contribution in [3.05, 3.63) is 35.9 Å². The quantitative estimate of drug-likeness (QED) is 0.0996. The van der Waals surface area contributed by atoms with E-state index >= 15 is 0 Å². The summed E-state index contributed by atoms with van der Waals surface area (Å²) in [7, 11) is 1.63. The number of rotatable bonds is 26. The highest BCUT2D eigenvalue weighted by Crippen LogP contribution is 2.01. The molecule has 0 unspecified atom stereocenters. The predicted octanol–water partition coefficient (Wildman–Crippen LogP) is 2.15. The molecule has 0 radical (unpaired) electrons. The number of esters is 2. The van der Waals surface area contributed by atoms with Crippen molar-refractivity contribution in [2.75, 3.05) is 93.2 Å². The van der Waals surface area contributed by atoms with E-state index in [1.807, 2.05) is 30.3 Å². The molecular weight excluding hydrogens is 488 g/mol. The summed E-state index contributed by atoms with van der Waals surface area (Å²) in [5, 5.41) is 0. The Labute approximate surface area is 219 Å². The third kappa shape index (κ3) is 22.8. The van der Waals surface area contributed by atoms with Crippen LogP contribution in [-0.2, 0) is 58.8 Å². The van der Waals surface area contributed by atoms with E-state index in [9.17, 15) is 9.59 Å². The summed E-state index contributed by atoms with van der Waals surface area (Å²) in [5.41, 5.74) is 1.09. The molecule has 0 aromatic heterocycles.